The molecule has 0 radical (unpaired) electrons. The molecular weight excluding hydrogens is 301 g/mol. The van der Waals surface area contributed by atoms with E-state index >= 15 is 0 Å². The van der Waals surface area contributed by atoms with Crippen LogP contribution in [0.15, 0.2) is 18.2 Å². The van der Waals surface area contributed by atoms with Gasteiger partial charge in [0.25, 0.3) is 0 Å². The minimum absolute atomic E-state index is 0.103. The zero-order chi connectivity index (χ0) is 16.2. The number of aliphatic carboxylic acids is 1. The number of carboxylic acids is 1. The van der Waals surface area contributed by atoms with Crippen LogP contribution in [-0.4, -0.2) is 28.8 Å². The first kappa shape index (κ1) is 17.2. The maximum atomic E-state index is 13.6. The van der Waals surface area contributed by atoms with Gasteiger partial charge in [-0.3, -0.25) is 0 Å². The lowest BCUT2D eigenvalue weighted by molar-refractivity contribution is -0.139. The number of carboxylic acid groups (broad SMARTS) is 1. The predicted octanol–water partition coefficient (Wildman–Crippen LogP) is 3.00. The van der Waals surface area contributed by atoms with E-state index in [0.29, 0.717) is 0 Å². The van der Waals surface area contributed by atoms with E-state index in [1.54, 1.807) is 20.8 Å². The first-order valence-electron chi connectivity index (χ1n) is 6.25. The van der Waals surface area contributed by atoms with Crippen LogP contribution in [-0.2, 0) is 16.0 Å². The van der Waals surface area contributed by atoms with Crippen molar-refractivity contribution in [3.8, 4) is 0 Å². The fraction of sp³-hybridized carbons (Fsp3) is 0.429. The van der Waals surface area contributed by atoms with Gasteiger partial charge < -0.3 is 15.2 Å². The minimum Gasteiger partial charge on any atom is -0.480 e. The normalized spacial score (nSPS) is 12.6. The molecule has 1 aromatic rings. The average Bonchev–Trinajstić information content (AvgIpc) is 2.30. The molecule has 21 heavy (non-hydrogen) atoms. The molecule has 0 aromatic heterocycles. The first-order valence-corrected chi connectivity index (χ1v) is 6.62. The number of halogens is 2. The topological polar surface area (TPSA) is 75.6 Å². The van der Waals surface area contributed by atoms with E-state index in [2.05, 4.69) is 5.32 Å². The molecule has 0 saturated heterocycles. The third-order valence-corrected chi connectivity index (χ3v) is 2.66. The lowest BCUT2D eigenvalue weighted by atomic mass is 10.1. The van der Waals surface area contributed by atoms with E-state index in [0.717, 1.165) is 6.07 Å². The third-order valence-electron chi connectivity index (χ3n) is 2.42. The van der Waals surface area contributed by atoms with E-state index in [1.807, 2.05) is 0 Å². The van der Waals surface area contributed by atoms with E-state index in [4.69, 9.17) is 21.4 Å². The summed E-state index contributed by atoms with van der Waals surface area (Å²) in [6.07, 6.45) is -1.11. The molecule has 5 nitrogen and oxygen atoms in total. The van der Waals surface area contributed by atoms with Crippen molar-refractivity contribution in [3.05, 3.63) is 34.6 Å². The highest BCUT2D eigenvalue weighted by molar-refractivity contribution is 6.30. The molecule has 0 fully saturated rings. The maximum absolute atomic E-state index is 13.6. The van der Waals surface area contributed by atoms with Crippen LogP contribution in [0.3, 0.4) is 0 Å². The van der Waals surface area contributed by atoms with Crippen LogP contribution in [0.4, 0.5) is 9.18 Å². The fourth-order valence-electron chi connectivity index (χ4n) is 1.57. The molecule has 1 unspecified atom stereocenters. The molecule has 0 heterocycles. The SMILES string of the molecule is CC(C)(C)OC(=O)NC(Cc1cc(Cl)ccc1F)C(=O)O. The number of amides is 1. The van der Waals surface area contributed by atoms with Crippen LogP contribution in [0, 0.1) is 5.82 Å². The molecule has 116 valence electrons. The second-order valence-electron chi connectivity index (χ2n) is 5.48. The van der Waals surface area contributed by atoms with Crippen molar-refractivity contribution in [2.45, 2.75) is 38.8 Å². The summed E-state index contributed by atoms with van der Waals surface area (Å²) >= 11 is 5.75. The van der Waals surface area contributed by atoms with Crippen molar-refractivity contribution in [2.24, 2.45) is 0 Å². The molecule has 0 spiro atoms. The summed E-state index contributed by atoms with van der Waals surface area (Å²) in [4.78, 5) is 22.8. The fourth-order valence-corrected chi connectivity index (χ4v) is 1.76. The number of carbonyl (C=O) groups excluding carboxylic acids is 1. The van der Waals surface area contributed by atoms with Crippen LogP contribution < -0.4 is 5.32 Å². The Hall–Kier alpha value is -1.82. The standard InChI is InChI=1S/C14H17ClFNO4/c1-14(2,3)21-13(20)17-11(12(18)19)7-8-6-9(15)4-5-10(8)16/h4-6,11H,7H2,1-3H3,(H,17,20)(H,18,19). The van der Waals surface area contributed by atoms with Gasteiger partial charge in [0.2, 0.25) is 0 Å². The largest absolute Gasteiger partial charge is 0.480 e. The van der Waals surface area contributed by atoms with E-state index in [1.165, 1.54) is 12.1 Å². The van der Waals surface area contributed by atoms with E-state index in [-0.39, 0.29) is 17.0 Å². The second kappa shape index (κ2) is 6.76. The molecular formula is C14H17ClFNO4. The van der Waals surface area contributed by atoms with Crippen LogP contribution in [0.2, 0.25) is 5.02 Å². The molecule has 0 aliphatic carbocycles. The summed E-state index contributed by atoms with van der Waals surface area (Å²) in [5.41, 5.74) is -0.653. The Labute approximate surface area is 127 Å². The number of rotatable bonds is 4. The van der Waals surface area contributed by atoms with Crippen molar-refractivity contribution in [1.29, 1.82) is 0 Å². The Bertz CT molecular complexity index is 542. The number of alkyl carbamates (subject to hydrolysis) is 1. The summed E-state index contributed by atoms with van der Waals surface area (Å²) in [7, 11) is 0. The van der Waals surface area contributed by atoms with Gasteiger partial charge in [-0.05, 0) is 44.5 Å². The number of hydrogen-bond acceptors (Lipinski definition) is 3. The summed E-state index contributed by atoms with van der Waals surface area (Å²) in [5.74, 6) is -1.88. The van der Waals surface area contributed by atoms with Crippen LogP contribution >= 0.6 is 11.6 Å². The number of hydrogen-bond donors (Lipinski definition) is 2. The van der Waals surface area contributed by atoms with Gasteiger partial charge in [0.15, 0.2) is 0 Å². The van der Waals surface area contributed by atoms with Gasteiger partial charge in [0.05, 0.1) is 0 Å². The Morgan fingerprint density at radius 2 is 2.05 bits per heavy atom. The van der Waals surface area contributed by atoms with Gasteiger partial charge in [-0.1, -0.05) is 11.6 Å². The second-order valence-corrected chi connectivity index (χ2v) is 5.91. The predicted molar refractivity (Wildman–Crippen MR) is 75.9 cm³/mol. The highest BCUT2D eigenvalue weighted by Crippen LogP contribution is 2.17. The molecule has 2 N–H and O–H groups in total. The Morgan fingerprint density at radius 3 is 2.57 bits per heavy atom. The Kier molecular flexibility index (Phi) is 5.54. The van der Waals surface area contributed by atoms with Crippen LogP contribution in [0.1, 0.15) is 26.3 Å². The quantitative estimate of drug-likeness (QED) is 0.895. The Morgan fingerprint density at radius 1 is 1.43 bits per heavy atom. The van der Waals surface area contributed by atoms with Gasteiger partial charge in [0.1, 0.15) is 17.5 Å². The summed E-state index contributed by atoms with van der Waals surface area (Å²) in [5, 5.41) is 11.6. The van der Waals surface area contributed by atoms with Crippen molar-refractivity contribution in [3.63, 3.8) is 0 Å². The van der Waals surface area contributed by atoms with E-state index < -0.39 is 29.5 Å². The molecule has 0 bridgehead atoms. The third kappa shape index (κ3) is 5.99. The van der Waals surface area contributed by atoms with Gasteiger partial charge in [0, 0.05) is 11.4 Å². The molecule has 1 rings (SSSR count). The maximum Gasteiger partial charge on any atom is 0.408 e. The lowest BCUT2D eigenvalue weighted by Crippen LogP contribution is -2.44. The monoisotopic (exact) mass is 317 g/mol. The zero-order valence-electron chi connectivity index (χ0n) is 11.9. The van der Waals surface area contributed by atoms with Crippen molar-refractivity contribution in [1.82, 2.24) is 5.32 Å². The van der Waals surface area contributed by atoms with E-state index in [9.17, 15) is 14.0 Å². The Balaban J connectivity index is 2.81. The van der Waals surface area contributed by atoms with Gasteiger partial charge >= 0.3 is 12.1 Å². The van der Waals surface area contributed by atoms with Crippen LogP contribution in [0.25, 0.3) is 0 Å². The molecule has 0 aliphatic heterocycles. The average molecular weight is 318 g/mol. The summed E-state index contributed by atoms with van der Waals surface area (Å²) in [6.45, 7) is 4.96. The molecule has 1 amide bonds. The van der Waals surface area contributed by atoms with Gasteiger partial charge in [-0.25, -0.2) is 14.0 Å². The minimum atomic E-state index is -1.31. The van der Waals surface area contributed by atoms with Crippen molar-refractivity contribution >= 4 is 23.7 Å². The van der Waals surface area contributed by atoms with Gasteiger partial charge in [-0.15, -0.1) is 0 Å². The zero-order valence-corrected chi connectivity index (χ0v) is 12.7. The van der Waals surface area contributed by atoms with Crippen molar-refractivity contribution in [2.75, 3.05) is 0 Å². The van der Waals surface area contributed by atoms with Crippen molar-refractivity contribution < 1.29 is 23.8 Å². The summed E-state index contributed by atoms with van der Waals surface area (Å²) < 4.78 is 18.6. The number of ether oxygens (including phenoxy) is 1. The molecule has 0 aliphatic rings. The van der Waals surface area contributed by atoms with Gasteiger partial charge in [-0.2, -0.15) is 0 Å². The number of nitrogens with one attached hydrogen (secondary N) is 1. The lowest BCUT2D eigenvalue weighted by Gasteiger charge is -2.22. The van der Waals surface area contributed by atoms with Crippen LogP contribution in [0.5, 0.6) is 0 Å². The number of benzene rings is 1. The molecule has 1 aromatic carbocycles. The molecule has 0 saturated carbocycles. The number of carbonyl (C=O) groups is 2. The molecule has 1 atom stereocenters. The highest BCUT2D eigenvalue weighted by atomic mass is 35.5. The smallest absolute Gasteiger partial charge is 0.408 e. The first-order chi connectivity index (χ1) is 9.58. The highest BCUT2D eigenvalue weighted by Gasteiger charge is 2.25. The molecule has 7 heteroatoms. The summed E-state index contributed by atoms with van der Waals surface area (Å²) in [6, 6.07) is 2.51.